The van der Waals surface area contributed by atoms with Crippen molar-refractivity contribution in [3.8, 4) is 11.5 Å². The number of nitrogens with zero attached hydrogens (tertiary/aromatic N) is 1. The summed E-state index contributed by atoms with van der Waals surface area (Å²) in [5, 5.41) is 0. The third-order valence-corrected chi connectivity index (χ3v) is 4.73. The molecule has 2 aromatic carbocycles. The molecule has 0 radical (unpaired) electrons. The first-order valence-electron chi connectivity index (χ1n) is 9.09. The third kappa shape index (κ3) is 4.66. The number of carbonyl (C=O) groups excluding carboxylic acids is 1. The van der Waals surface area contributed by atoms with Crippen molar-refractivity contribution in [1.82, 2.24) is 4.90 Å². The number of benzene rings is 2. The quantitative estimate of drug-likeness (QED) is 0.751. The highest BCUT2D eigenvalue weighted by atomic mass is 16.5. The first kappa shape index (κ1) is 18.9. The van der Waals surface area contributed by atoms with Crippen LogP contribution in [-0.2, 0) is 4.79 Å². The SMILES string of the molecule is CCN1C/C(=C\c2ccc(OC)cc2)C(=O)/C(=C/c2ccc(OC)cc2)C1. The van der Waals surface area contributed by atoms with E-state index in [1.165, 1.54) is 0 Å². The van der Waals surface area contributed by atoms with Crippen molar-refractivity contribution in [2.24, 2.45) is 0 Å². The number of ketones is 1. The largest absolute Gasteiger partial charge is 0.497 e. The second kappa shape index (κ2) is 8.69. The van der Waals surface area contributed by atoms with Gasteiger partial charge in [0.2, 0.25) is 0 Å². The number of rotatable bonds is 5. The molecule has 1 aliphatic rings. The lowest BCUT2D eigenvalue weighted by atomic mass is 9.94. The van der Waals surface area contributed by atoms with E-state index in [0.29, 0.717) is 13.1 Å². The number of methoxy groups -OCH3 is 2. The van der Waals surface area contributed by atoms with E-state index in [0.717, 1.165) is 40.3 Å². The highest BCUT2D eigenvalue weighted by molar-refractivity contribution is 6.14. The monoisotopic (exact) mass is 363 g/mol. The van der Waals surface area contributed by atoms with Crippen molar-refractivity contribution < 1.29 is 14.3 Å². The van der Waals surface area contributed by atoms with Gasteiger partial charge in [-0.25, -0.2) is 0 Å². The van der Waals surface area contributed by atoms with Crippen LogP contribution in [0.3, 0.4) is 0 Å². The molecule has 0 unspecified atom stereocenters. The van der Waals surface area contributed by atoms with Crippen LogP contribution >= 0.6 is 0 Å². The predicted molar refractivity (Wildman–Crippen MR) is 109 cm³/mol. The summed E-state index contributed by atoms with van der Waals surface area (Å²) < 4.78 is 10.4. The fraction of sp³-hybridized carbons (Fsp3) is 0.261. The van der Waals surface area contributed by atoms with Gasteiger partial charge in [-0.15, -0.1) is 0 Å². The minimum Gasteiger partial charge on any atom is -0.497 e. The van der Waals surface area contributed by atoms with E-state index in [1.54, 1.807) is 14.2 Å². The fourth-order valence-corrected chi connectivity index (χ4v) is 3.14. The first-order valence-corrected chi connectivity index (χ1v) is 9.09. The molecule has 0 spiro atoms. The number of hydrogen-bond acceptors (Lipinski definition) is 4. The summed E-state index contributed by atoms with van der Waals surface area (Å²) in [7, 11) is 3.29. The van der Waals surface area contributed by atoms with Crippen LogP contribution in [0.1, 0.15) is 18.1 Å². The van der Waals surface area contributed by atoms with Crippen molar-refractivity contribution in [1.29, 1.82) is 0 Å². The van der Waals surface area contributed by atoms with Gasteiger partial charge in [0.1, 0.15) is 11.5 Å². The van der Waals surface area contributed by atoms with Crippen molar-refractivity contribution in [2.45, 2.75) is 6.92 Å². The summed E-state index contributed by atoms with van der Waals surface area (Å²) in [5.41, 5.74) is 3.63. The molecule has 0 N–H and O–H groups in total. The average Bonchev–Trinajstić information content (AvgIpc) is 2.72. The van der Waals surface area contributed by atoms with Gasteiger partial charge >= 0.3 is 0 Å². The minimum atomic E-state index is 0.117. The summed E-state index contributed by atoms with van der Waals surface area (Å²) in [4.78, 5) is 15.3. The summed E-state index contributed by atoms with van der Waals surface area (Å²) >= 11 is 0. The zero-order valence-electron chi connectivity index (χ0n) is 16.1. The van der Waals surface area contributed by atoms with E-state index in [9.17, 15) is 4.79 Å². The van der Waals surface area contributed by atoms with E-state index >= 15 is 0 Å². The Morgan fingerprint density at radius 2 is 1.22 bits per heavy atom. The molecular formula is C23H25NO3. The lowest BCUT2D eigenvalue weighted by Crippen LogP contribution is -2.37. The maximum Gasteiger partial charge on any atom is 0.187 e. The van der Waals surface area contributed by atoms with Gasteiger partial charge in [0.25, 0.3) is 0 Å². The molecule has 0 amide bonds. The standard InChI is InChI=1S/C23H25NO3/c1-4-24-15-19(13-17-5-9-21(26-2)10-6-17)23(25)20(16-24)14-18-7-11-22(27-3)12-8-18/h5-14H,4,15-16H2,1-3H3/b19-13+,20-14+. The minimum absolute atomic E-state index is 0.117. The Bertz CT molecular complexity index is 779. The molecule has 1 heterocycles. The van der Waals surface area contributed by atoms with E-state index in [-0.39, 0.29) is 5.78 Å². The number of ether oxygens (including phenoxy) is 2. The molecule has 1 saturated heterocycles. The lowest BCUT2D eigenvalue weighted by Gasteiger charge is -2.28. The van der Waals surface area contributed by atoms with Gasteiger partial charge in [-0.2, -0.15) is 0 Å². The van der Waals surface area contributed by atoms with Crippen LogP contribution in [0, 0.1) is 0 Å². The van der Waals surface area contributed by atoms with Crippen molar-refractivity contribution in [2.75, 3.05) is 33.9 Å². The number of piperidine rings is 1. The zero-order chi connectivity index (χ0) is 19.2. The van der Waals surface area contributed by atoms with E-state index < -0.39 is 0 Å². The van der Waals surface area contributed by atoms with Crippen molar-refractivity contribution in [3.63, 3.8) is 0 Å². The summed E-state index contributed by atoms with van der Waals surface area (Å²) in [6, 6.07) is 15.5. The molecule has 1 fully saturated rings. The lowest BCUT2D eigenvalue weighted by molar-refractivity contribution is -0.113. The highest BCUT2D eigenvalue weighted by Gasteiger charge is 2.25. The van der Waals surface area contributed by atoms with Gasteiger partial charge in [-0.1, -0.05) is 31.2 Å². The Morgan fingerprint density at radius 1 is 0.815 bits per heavy atom. The number of hydrogen-bond donors (Lipinski definition) is 0. The van der Waals surface area contributed by atoms with Crippen LogP contribution in [0.25, 0.3) is 12.2 Å². The van der Waals surface area contributed by atoms with Crippen molar-refractivity contribution in [3.05, 3.63) is 70.8 Å². The smallest absolute Gasteiger partial charge is 0.187 e. The second-order valence-electron chi connectivity index (χ2n) is 6.52. The molecule has 0 bridgehead atoms. The average molecular weight is 363 g/mol. The molecule has 1 aliphatic heterocycles. The summed E-state index contributed by atoms with van der Waals surface area (Å²) in [6.07, 6.45) is 3.96. The van der Waals surface area contributed by atoms with Gasteiger partial charge in [-0.3, -0.25) is 9.69 Å². The predicted octanol–water partition coefficient (Wildman–Crippen LogP) is 4.08. The molecule has 2 aromatic rings. The van der Waals surface area contributed by atoms with Crippen LogP contribution in [0.2, 0.25) is 0 Å². The molecule has 3 rings (SSSR count). The van der Waals surface area contributed by atoms with Gasteiger partial charge in [0, 0.05) is 24.2 Å². The zero-order valence-corrected chi connectivity index (χ0v) is 16.1. The molecule has 0 saturated carbocycles. The maximum atomic E-state index is 13.0. The molecule has 140 valence electrons. The number of likely N-dealkylation sites (N-methyl/N-ethyl adjacent to an activating group) is 1. The Morgan fingerprint density at radius 3 is 1.56 bits per heavy atom. The van der Waals surface area contributed by atoms with E-state index in [1.807, 2.05) is 60.7 Å². The van der Waals surface area contributed by atoms with Crippen LogP contribution in [0.5, 0.6) is 11.5 Å². The molecule has 0 aromatic heterocycles. The molecule has 4 heteroatoms. The van der Waals surface area contributed by atoms with Gasteiger partial charge in [0.15, 0.2) is 5.78 Å². The van der Waals surface area contributed by atoms with Gasteiger partial charge < -0.3 is 9.47 Å². The third-order valence-electron chi connectivity index (χ3n) is 4.73. The van der Waals surface area contributed by atoms with Crippen LogP contribution < -0.4 is 9.47 Å². The molecule has 27 heavy (non-hydrogen) atoms. The summed E-state index contributed by atoms with van der Waals surface area (Å²) in [6.45, 7) is 4.35. The Balaban J connectivity index is 1.89. The number of carbonyl (C=O) groups is 1. The maximum absolute atomic E-state index is 13.0. The second-order valence-corrected chi connectivity index (χ2v) is 6.52. The van der Waals surface area contributed by atoms with Crippen LogP contribution in [0.15, 0.2) is 59.7 Å². The van der Waals surface area contributed by atoms with Crippen LogP contribution in [-0.4, -0.2) is 44.5 Å². The Hall–Kier alpha value is -2.85. The topological polar surface area (TPSA) is 38.8 Å². The Kier molecular flexibility index (Phi) is 6.09. The number of Topliss-reactive ketones (excluding diaryl/α,β-unsaturated/α-hetero) is 1. The van der Waals surface area contributed by atoms with Crippen molar-refractivity contribution >= 4 is 17.9 Å². The summed E-state index contributed by atoms with van der Waals surface area (Å²) in [5.74, 6) is 1.73. The highest BCUT2D eigenvalue weighted by Crippen LogP contribution is 2.23. The normalized spacial score (nSPS) is 18.1. The van der Waals surface area contributed by atoms with Crippen LogP contribution in [0.4, 0.5) is 0 Å². The van der Waals surface area contributed by atoms with E-state index in [4.69, 9.17) is 9.47 Å². The van der Waals surface area contributed by atoms with E-state index in [2.05, 4.69) is 11.8 Å². The van der Waals surface area contributed by atoms with Gasteiger partial charge in [0.05, 0.1) is 14.2 Å². The molecule has 0 aliphatic carbocycles. The first-order chi connectivity index (χ1) is 13.1. The van der Waals surface area contributed by atoms with Gasteiger partial charge in [-0.05, 0) is 54.1 Å². The molecule has 0 atom stereocenters. The number of likely N-dealkylation sites (tertiary alicyclic amines) is 1. The molecular weight excluding hydrogens is 338 g/mol. The fourth-order valence-electron chi connectivity index (χ4n) is 3.14. The Labute approximate surface area is 160 Å². The molecule has 4 nitrogen and oxygen atoms in total.